The van der Waals surface area contributed by atoms with Gasteiger partial charge in [0.25, 0.3) is 0 Å². The lowest BCUT2D eigenvalue weighted by molar-refractivity contribution is 0.864. The van der Waals surface area contributed by atoms with Crippen LogP contribution in [0.5, 0.6) is 0 Å². The second-order valence-electron chi connectivity index (χ2n) is 3.42. The fraction of sp³-hybridized carbons (Fsp3) is 0.333. The average Bonchev–Trinajstić information content (AvgIpc) is 2.15. The zero-order chi connectivity index (χ0) is 9.68. The summed E-state index contributed by atoms with van der Waals surface area (Å²) in [4.78, 5) is 0. The molecule has 13 heavy (non-hydrogen) atoms. The molecule has 1 rings (SSSR count). The van der Waals surface area contributed by atoms with Crippen LogP contribution in [0.1, 0.15) is 30.9 Å². The quantitative estimate of drug-likeness (QED) is 0.751. The van der Waals surface area contributed by atoms with Gasteiger partial charge in [-0.05, 0) is 17.0 Å². The van der Waals surface area contributed by atoms with Gasteiger partial charge in [0, 0.05) is 6.54 Å². The lowest BCUT2D eigenvalue weighted by Crippen LogP contribution is -1.94. The van der Waals surface area contributed by atoms with E-state index in [1.54, 1.807) is 0 Å². The standard InChI is InChI=1S/C12H17N/c1-10(2)12-8-4-3-6-11(12)7-5-9-13/h3-8,10H,9,13H2,1-2H3/b7-5+. The topological polar surface area (TPSA) is 26.0 Å². The van der Waals surface area contributed by atoms with Crippen LogP contribution < -0.4 is 5.73 Å². The molecular formula is C12H17N. The van der Waals surface area contributed by atoms with Gasteiger partial charge < -0.3 is 5.73 Å². The molecule has 1 aromatic rings. The van der Waals surface area contributed by atoms with Gasteiger partial charge in [0.2, 0.25) is 0 Å². The summed E-state index contributed by atoms with van der Waals surface area (Å²) >= 11 is 0. The molecule has 0 aliphatic rings. The fourth-order valence-electron chi connectivity index (χ4n) is 1.38. The summed E-state index contributed by atoms with van der Waals surface area (Å²) in [5.74, 6) is 0.568. The van der Waals surface area contributed by atoms with Crippen molar-refractivity contribution in [2.24, 2.45) is 5.73 Å². The summed E-state index contributed by atoms with van der Waals surface area (Å²) < 4.78 is 0. The summed E-state index contributed by atoms with van der Waals surface area (Å²) in [6.07, 6.45) is 4.08. The van der Waals surface area contributed by atoms with E-state index in [0.29, 0.717) is 12.5 Å². The monoisotopic (exact) mass is 175 g/mol. The van der Waals surface area contributed by atoms with Gasteiger partial charge in [0.05, 0.1) is 0 Å². The summed E-state index contributed by atoms with van der Waals surface area (Å²) in [7, 11) is 0. The van der Waals surface area contributed by atoms with Crippen LogP contribution in [0.25, 0.3) is 6.08 Å². The Bertz CT molecular complexity index is 287. The molecule has 2 N–H and O–H groups in total. The second-order valence-corrected chi connectivity index (χ2v) is 3.42. The molecule has 0 atom stereocenters. The molecule has 0 aliphatic carbocycles. The maximum atomic E-state index is 5.42. The second kappa shape index (κ2) is 4.83. The third-order valence-corrected chi connectivity index (χ3v) is 2.05. The van der Waals surface area contributed by atoms with Crippen molar-refractivity contribution in [2.75, 3.05) is 6.54 Å². The Hall–Kier alpha value is -1.08. The normalized spacial score (nSPS) is 11.4. The van der Waals surface area contributed by atoms with Gasteiger partial charge in [-0.1, -0.05) is 50.3 Å². The Morgan fingerprint density at radius 1 is 1.31 bits per heavy atom. The van der Waals surface area contributed by atoms with E-state index in [1.165, 1.54) is 11.1 Å². The van der Waals surface area contributed by atoms with Gasteiger partial charge in [-0.3, -0.25) is 0 Å². The van der Waals surface area contributed by atoms with Gasteiger partial charge in [-0.25, -0.2) is 0 Å². The number of rotatable bonds is 3. The summed E-state index contributed by atoms with van der Waals surface area (Å²) in [6, 6.07) is 8.43. The van der Waals surface area contributed by atoms with Gasteiger partial charge in [-0.2, -0.15) is 0 Å². The Morgan fingerprint density at radius 2 is 2.00 bits per heavy atom. The minimum absolute atomic E-state index is 0.568. The number of benzene rings is 1. The van der Waals surface area contributed by atoms with E-state index >= 15 is 0 Å². The summed E-state index contributed by atoms with van der Waals surface area (Å²) in [6.45, 7) is 5.01. The molecule has 0 aliphatic heterocycles. The molecule has 0 saturated carbocycles. The Balaban J connectivity index is 2.97. The first-order valence-corrected chi connectivity index (χ1v) is 4.71. The number of nitrogens with two attached hydrogens (primary N) is 1. The van der Waals surface area contributed by atoms with Crippen LogP contribution in [0.4, 0.5) is 0 Å². The maximum absolute atomic E-state index is 5.42. The molecule has 1 aromatic carbocycles. The van der Waals surface area contributed by atoms with E-state index in [9.17, 15) is 0 Å². The van der Waals surface area contributed by atoms with Crippen LogP contribution in [0.3, 0.4) is 0 Å². The Kier molecular flexibility index (Phi) is 3.71. The molecular weight excluding hydrogens is 158 g/mol. The van der Waals surface area contributed by atoms with Crippen LogP contribution in [0, 0.1) is 0 Å². The van der Waals surface area contributed by atoms with Gasteiger partial charge in [0.1, 0.15) is 0 Å². The van der Waals surface area contributed by atoms with Gasteiger partial charge in [0.15, 0.2) is 0 Å². The predicted molar refractivity (Wildman–Crippen MR) is 58.6 cm³/mol. The van der Waals surface area contributed by atoms with E-state index in [2.05, 4.69) is 44.2 Å². The maximum Gasteiger partial charge on any atom is 0.0110 e. The molecule has 0 amide bonds. The Morgan fingerprint density at radius 3 is 2.62 bits per heavy atom. The average molecular weight is 175 g/mol. The lowest BCUT2D eigenvalue weighted by Gasteiger charge is -2.08. The predicted octanol–water partition coefficient (Wildman–Crippen LogP) is 2.78. The van der Waals surface area contributed by atoms with E-state index in [1.807, 2.05) is 6.08 Å². The molecule has 1 heteroatoms. The molecule has 70 valence electrons. The molecule has 0 saturated heterocycles. The minimum Gasteiger partial charge on any atom is -0.327 e. The van der Waals surface area contributed by atoms with E-state index < -0.39 is 0 Å². The molecule has 0 spiro atoms. The van der Waals surface area contributed by atoms with Crippen molar-refractivity contribution in [1.29, 1.82) is 0 Å². The van der Waals surface area contributed by atoms with E-state index in [0.717, 1.165) is 0 Å². The highest BCUT2D eigenvalue weighted by Gasteiger charge is 2.01. The van der Waals surface area contributed by atoms with Gasteiger partial charge in [-0.15, -0.1) is 0 Å². The molecule has 1 nitrogen and oxygen atoms in total. The summed E-state index contributed by atoms with van der Waals surface area (Å²) in [5.41, 5.74) is 8.08. The van der Waals surface area contributed by atoms with E-state index in [-0.39, 0.29) is 0 Å². The highest BCUT2D eigenvalue weighted by atomic mass is 14.5. The lowest BCUT2D eigenvalue weighted by atomic mass is 9.97. The zero-order valence-electron chi connectivity index (χ0n) is 8.33. The van der Waals surface area contributed by atoms with Crippen LogP contribution in [-0.4, -0.2) is 6.54 Å². The smallest absolute Gasteiger partial charge is 0.0110 e. The fourth-order valence-corrected chi connectivity index (χ4v) is 1.38. The molecule has 0 unspecified atom stereocenters. The van der Waals surface area contributed by atoms with Crippen molar-refractivity contribution < 1.29 is 0 Å². The third kappa shape index (κ3) is 2.71. The van der Waals surface area contributed by atoms with Crippen molar-refractivity contribution in [3.05, 3.63) is 41.5 Å². The van der Waals surface area contributed by atoms with Crippen LogP contribution in [0.15, 0.2) is 30.3 Å². The van der Waals surface area contributed by atoms with Crippen molar-refractivity contribution in [3.8, 4) is 0 Å². The first-order valence-electron chi connectivity index (χ1n) is 4.71. The zero-order valence-corrected chi connectivity index (χ0v) is 8.33. The number of hydrogen-bond acceptors (Lipinski definition) is 1. The third-order valence-electron chi connectivity index (χ3n) is 2.05. The van der Waals surface area contributed by atoms with Crippen molar-refractivity contribution in [3.63, 3.8) is 0 Å². The first kappa shape index (κ1) is 10.0. The van der Waals surface area contributed by atoms with Crippen molar-refractivity contribution in [1.82, 2.24) is 0 Å². The van der Waals surface area contributed by atoms with Crippen molar-refractivity contribution >= 4 is 6.08 Å². The number of hydrogen-bond donors (Lipinski definition) is 1. The molecule has 0 fully saturated rings. The first-order chi connectivity index (χ1) is 6.25. The Labute approximate surface area is 80.3 Å². The molecule has 0 bridgehead atoms. The molecule has 0 heterocycles. The van der Waals surface area contributed by atoms with Gasteiger partial charge >= 0.3 is 0 Å². The van der Waals surface area contributed by atoms with Crippen LogP contribution in [-0.2, 0) is 0 Å². The van der Waals surface area contributed by atoms with Crippen molar-refractivity contribution in [2.45, 2.75) is 19.8 Å². The summed E-state index contributed by atoms with van der Waals surface area (Å²) in [5, 5.41) is 0. The SMILES string of the molecule is CC(C)c1ccccc1/C=C/CN. The highest BCUT2D eigenvalue weighted by Crippen LogP contribution is 2.19. The largest absolute Gasteiger partial charge is 0.327 e. The molecule has 0 aromatic heterocycles. The molecule has 0 radical (unpaired) electrons. The minimum atomic E-state index is 0.568. The van der Waals surface area contributed by atoms with Crippen LogP contribution in [0.2, 0.25) is 0 Å². The highest BCUT2D eigenvalue weighted by molar-refractivity contribution is 5.54. The van der Waals surface area contributed by atoms with Crippen LogP contribution >= 0.6 is 0 Å². The van der Waals surface area contributed by atoms with E-state index in [4.69, 9.17) is 5.73 Å².